The number of unbranched alkanes of at least 4 members (excludes halogenated alkanes) is 1. The molecular weight excluding hydrogens is 622 g/mol. The smallest absolute Gasteiger partial charge is 0.337 e. The van der Waals surface area contributed by atoms with E-state index in [1.807, 2.05) is 36.4 Å². The average molecular weight is 676 g/mol. The number of carbonyl (C=O) groups excluding carboxylic acids is 2. The molecule has 260 valence electrons. The van der Waals surface area contributed by atoms with E-state index in [4.69, 9.17) is 25.8 Å². The molecule has 7 heteroatoms. The Kier molecular flexibility index (Phi) is 15.5. The summed E-state index contributed by atoms with van der Waals surface area (Å²) in [6, 6.07) is 24.4. The number of halogens is 1. The Hall–Kier alpha value is -3.19. The zero-order valence-electron chi connectivity index (χ0n) is 29.2. The van der Waals surface area contributed by atoms with Crippen molar-refractivity contribution in [3.8, 4) is 11.1 Å². The van der Waals surface area contributed by atoms with Gasteiger partial charge in [-0.25, -0.2) is 4.79 Å². The lowest BCUT2D eigenvalue weighted by atomic mass is 9.75. The van der Waals surface area contributed by atoms with E-state index < -0.39 is 0 Å². The van der Waals surface area contributed by atoms with Gasteiger partial charge >= 0.3 is 11.9 Å². The van der Waals surface area contributed by atoms with Gasteiger partial charge in [-0.1, -0.05) is 99.2 Å². The molecule has 0 spiro atoms. The Morgan fingerprint density at radius 3 is 2.12 bits per heavy atom. The summed E-state index contributed by atoms with van der Waals surface area (Å²) >= 11 is 6.08. The highest BCUT2D eigenvalue weighted by atomic mass is 35.5. The maximum atomic E-state index is 12.0. The van der Waals surface area contributed by atoms with Gasteiger partial charge in [0.2, 0.25) is 0 Å². The fraction of sp³-hybridized carbons (Fsp3) is 0.512. The number of esters is 2. The van der Waals surface area contributed by atoms with Crippen molar-refractivity contribution in [3.05, 3.63) is 94.5 Å². The number of hydrogen-bond acceptors (Lipinski definition) is 6. The van der Waals surface area contributed by atoms with Crippen LogP contribution in [0.25, 0.3) is 11.1 Å². The number of benzene rings is 3. The summed E-state index contributed by atoms with van der Waals surface area (Å²) in [4.78, 5) is 26.2. The molecule has 1 saturated carbocycles. The maximum absolute atomic E-state index is 12.0. The first-order chi connectivity index (χ1) is 23.3. The fourth-order valence-electron chi connectivity index (χ4n) is 6.75. The monoisotopic (exact) mass is 675 g/mol. The largest absolute Gasteiger partial charge is 0.469 e. The molecule has 48 heavy (non-hydrogen) atoms. The number of ether oxygens (including phenoxy) is 3. The van der Waals surface area contributed by atoms with Gasteiger partial charge in [0.25, 0.3) is 0 Å². The van der Waals surface area contributed by atoms with Crippen LogP contribution in [0.5, 0.6) is 0 Å². The van der Waals surface area contributed by atoms with Crippen LogP contribution in [0.1, 0.15) is 105 Å². The quantitative estimate of drug-likeness (QED) is 0.118. The molecule has 0 heterocycles. The molecule has 0 N–H and O–H groups in total. The molecule has 0 amide bonds. The summed E-state index contributed by atoms with van der Waals surface area (Å²) in [5, 5.41) is 0.747. The van der Waals surface area contributed by atoms with Crippen molar-refractivity contribution < 1.29 is 23.8 Å². The predicted octanol–water partition coefficient (Wildman–Crippen LogP) is 10.1. The van der Waals surface area contributed by atoms with Crippen LogP contribution in [0.15, 0.2) is 72.8 Å². The second-order valence-electron chi connectivity index (χ2n) is 13.7. The molecule has 3 aromatic rings. The fourth-order valence-corrected chi connectivity index (χ4v) is 6.88. The van der Waals surface area contributed by atoms with Crippen molar-refractivity contribution >= 4 is 23.5 Å². The van der Waals surface area contributed by atoms with Gasteiger partial charge in [0, 0.05) is 18.0 Å². The van der Waals surface area contributed by atoms with Gasteiger partial charge < -0.3 is 14.2 Å². The topological polar surface area (TPSA) is 65.1 Å². The van der Waals surface area contributed by atoms with Crippen molar-refractivity contribution in [3.63, 3.8) is 0 Å². The Morgan fingerprint density at radius 2 is 1.44 bits per heavy atom. The van der Waals surface area contributed by atoms with Crippen molar-refractivity contribution in [2.75, 3.05) is 27.3 Å². The maximum Gasteiger partial charge on any atom is 0.337 e. The Morgan fingerprint density at radius 1 is 0.792 bits per heavy atom. The van der Waals surface area contributed by atoms with Crippen LogP contribution >= 0.6 is 11.6 Å². The zero-order chi connectivity index (χ0) is 34.2. The van der Waals surface area contributed by atoms with Crippen LogP contribution in [0.4, 0.5) is 0 Å². The van der Waals surface area contributed by atoms with Crippen LogP contribution in [-0.2, 0) is 32.2 Å². The summed E-state index contributed by atoms with van der Waals surface area (Å²) in [5.41, 5.74) is 5.42. The third kappa shape index (κ3) is 12.7. The van der Waals surface area contributed by atoms with Crippen molar-refractivity contribution in [2.45, 2.75) is 103 Å². The number of methoxy groups -OCH3 is 2. The molecule has 4 rings (SSSR count). The highest BCUT2D eigenvalue weighted by molar-refractivity contribution is 6.30. The summed E-state index contributed by atoms with van der Waals surface area (Å²) in [6.45, 7) is 5.74. The number of hydrogen-bond donors (Lipinski definition) is 0. The molecule has 0 aliphatic heterocycles. The van der Waals surface area contributed by atoms with Crippen molar-refractivity contribution in [1.29, 1.82) is 0 Å². The number of nitrogens with zero attached hydrogens (tertiary/aromatic N) is 1. The first-order valence-electron chi connectivity index (χ1n) is 17.7. The van der Waals surface area contributed by atoms with Crippen molar-refractivity contribution in [2.24, 2.45) is 5.41 Å². The van der Waals surface area contributed by atoms with E-state index in [1.165, 1.54) is 63.9 Å². The molecule has 3 aromatic carbocycles. The van der Waals surface area contributed by atoms with Gasteiger partial charge in [0.15, 0.2) is 0 Å². The van der Waals surface area contributed by atoms with E-state index in [-0.39, 0.29) is 23.5 Å². The van der Waals surface area contributed by atoms with Crippen LogP contribution in [0.2, 0.25) is 5.02 Å². The van der Waals surface area contributed by atoms with E-state index in [2.05, 4.69) is 48.2 Å². The molecule has 0 aromatic heterocycles. The van der Waals surface area contributed by atoms with Crippen LogP contribution in [0.3, 0.4) is 0 Å². The third-order valence-corrected chi connectivity index (χ3v) is 10.0. The third-order valence-electron chi connectivity index (χ3n) is 9.79. The summed E-state index contributed by atoms with van der Waals surface area (Å²) in [5.74, 6) is -0.477. The van der Waals surface area contributed by atoms with Gasteiger partial charge in [-0.2, -0.15) is 0 Å². The molecule has 2 unspecified atom stereocenters. The van der Waals surface area contributed by atoms with Gasteiger partial charge in [-0.15, -0.1) is 0 Å². The number of rotatable bonds is 15. The van der Waals surface area contributed by atoms with E-state index in [0.717, 1.165) is 67.9 Å². The minimum atomic E-state index is -0.322. The lowest BCUT2D eigenvalue weighted by Crippen LogP contribution is -2.33. The van der Waals surface area contributed by atoms with E-state index >= 15 is 0 Å². The second-order valence-corrected chi connectivity index (χ2v) is 14.1. The molecule has 0 radical (unpaired) electrons. The Balaban J connectivity index is 1.39. The summed E-state index contributed by atoms with van der Waals surface area (Å²) in [7, 11) is 2.85. The molecule has 6 nitrogen and oxygen atoms in total. The standard InChI is InChI=1S/C41H54ClNO5/c1-41(26-28-43(27-10-8-12-39(44)46-2)30-32-13-19-36(20-14-32)40(45)47-3)25-9-6-4-5-7-11-38(29-41)48-31-33-15-17-34(18-16-33)35-21-23-37(42)24-22-35/h13-24,38H,4-12,25-31H2,1-3H3. The summed E-state index contributed by atoms with van der Waals surface area (Å²) in [6.07, 6.45) is 13.2. The van der Waals surface area contributed by atoms with E-state index in [0.29, 0.717) is 18.6 Å². The predicted molar refractivity (Wildman–Crippen MR) is 194 cm³/mol. The zero-order valence-corrected chi connectivity index (χ0v) is 29.9. The van der Waals surface area contributed by atoms with Gasteiger partial charge in [-0.3, -0.25) is 9.69 Å². The Bertz CT molecular complexity index is 1390. The summed E-state index contributed by atoms with van der Waals surface area (Å²) < 4.78 is 16.4. The SMILES string of the molecule is COC(=O)CCCCN(CCC1(C)CCCCCCCC(OCc2ccc(-c3ccc(Cl)cc3)cc2)C1)Cc1ccc(C(=O)OC)cc1. The van der Waals surface area contributed by atoms with E-state index in [9.17, 15) is 9.59 Å². The van der Waals surface area contributed by atoms with E-state index in [1.54, 1.807) is 0 Å². The second kappa shape index (κ2) is 19.7. The van der Waals surface area contributed by atoms with Crippen LogP contribution < -0.4 is 0 Å². The lowest BCUT2D eigenvalue weighted by Gasteiger charge is -2.36. The lowest BCUT2D eigenvalue weighted by molar-refractivity contribution is -0.140. The Labute approximate surface area is 293 Å². The molecule has 1 fully saturated rings. The van der Waals surface area contributed by atoms with Crippen LogP contribution in [0, 0.1) is 5.41 Å². The van der Waals surface area contributed by atoms with Crippen LogP contribution in [-0.4, -0.2) is 50.3 Å². The minimum Gasteiger partial charge on any atom is -0.469 e. The molecule has 1 aliphatic carbocycles. The molecule has 0 saturated heterocycles. The van der Waals surface area contributed by atoms with Gasteiger partial charge in [0.1, 0.15) is 0 Å². The first kappa shape index (κ1) is 37.6. The minimum absolute atomic E-state index is 0.155. The average Bonchev–Trinajstić information content (AvgIpc) is 3.11. The number of carbonyl (C=O) groups is 2. The van der Waals surface area contributed by atoms with Crippen molar-refractivity contribution in [1.82, 2.24) is 4.90 Å². The first-order valence-corrected chi connectivity index (χ1v) is 18.1. The van der Waals surface area contributed by atoms with Gasteiger partial charge in [-0.05, 0) is 104 Å². The molecule has 2 atom stereocenters. The normalized spacial score (nSPS) is 18.7. The molecule has 1 aliphatic rings. The highest BCUT2D eigenvalue weighted by Gasteiger charge is 2.29. The highest BCUT2D eigenvalue weighted by Crippen LogP contribution is 2.38. The van der Waals surface area contributed by atoms with Gasteiger partial charge in [0.05, 0.1) is 32.5 Å². The molecule has 0 bridgehead atoms. The molecular formula is C41H54ClNO5.